The van der Waals surface area contributed by atoms with Crippen LogP contribution >= 0.6 is 0 Å². The molecule has 3 aromatic heterocycles. The van der Waals surface area contributed by atoms with E-state index in [1.807, 2.05) is 66.7 Å². The Morgan fingerprint density at radius 2 is 0.923 bits per heavy atom. The summed E-state index contributed by atoms with van der Waals surface area (Å²) in [5.41, 5.74) is 7.76. The van der Waals surface area contributed by atoms with E-state index >= 15 is 0 Å². The predicted octanol–water partition coefficient (Wildman–Crippen LogP) is 12.2. The van der Waals surface area contributed by atoms with Crippen molar-refractivity contribution in [2.45, 2.75) is 0 Å². The number of rotatable bonds is 4. The summed E-state index contributed by atoms with van der Waals surface area (Å²) >= 11 is 0. The molecule has 0 saturated carbocycles. The molecule has 0 aliphatic carbocycles. The molecule has 0 aliphatic rings. The van der Waals surface area contributed by atoms with Crippen molar-refractivity contribution in [1.82, 2.24) is 19.5 Å². The molecule has 11 aromatic rings. The van der Waals surface area contributed by atoms with Crippen LogP contribution in [0.1, 0.15) is 0 Å². The molecule has 5 nitrogen and oxygen atoms in total. The summed E-state index contributed by atoms with van der Waals surface area (Å²) in [6.45, 7) is 0. The Bertz CT molecular complexity index is 3120. The normalized spacial score (nSPS) is 11.8. The molecule has 0 spiro atoms. The van der Waals surface area contributed by atoms with E-state index < -0.39 is 0 Å². The molecular formula is C47H28N4O. The van der Waals surface area contributed by atoms with Crippen molar-refractivity contribution < 1.29 is 4.42 Å². The Kier molecular flexibility index (Phi) is 6.18. The Labute approximate surface area is 298 Å². The van der Waals surface area contributed by atoms with Crippen molar-refractivity contribution in [3.05, 3.63) is 170 Å². The molecule has 5 heteroatoms. The molecule has 8 aromatic carbocycles. The van der Waals surface area contributed by atoms with E-state index in [9.17, 15) is 0 Å². The van der Waals surface area contributed by atoms with Crippen molar-refractivity contribution in [3.63, 3.8) is 0 Å². The van der Waals surface area contributed by atoms with E-state index in [4.69, 9.17) is 19.4 Å². The molecule has 11 rings (SSSR count). The van der Waals surface area contributed by atoms with Crippen LogP contribution in [0.2, 0.25) is 0 Å². The second-order valence-corrected chi connectivity index (χ2v) is 13.2. The quantitative estimate of drug-likeness (QED) is 0.188. The van der Waals surface area contributed by atoms with Gasteiger partial charge >= 0.3 is 0 Å². The molecule has 242 valence electrons. The summed E-state index contributed by atoms with van der Waals surface area (Å²) in [4.78, 5) is 14.8. The summed E-state index contributed by atoms with van der Waals surface area (Å²) in [6.07, 6.45) is 0. The van der Waals surface area contributed by atoms with Gasteiger partial charge in [0.1, 0.15) is 11.2 Å². The van der Waals surface area contributed by atoms with Crippen LogP contribution in [0.25, 0.3) is 105 Å². The second-order valence-electron chi connectivity index (χ2n) is 13.2. The van der Waals surface area contributed by atoms with Crippen LogP contribution < -0.4 is 0 Å². The lowest BCUT2D eigenvalue weighted by molar-refractivity contribution is 0.668. The average Bonchev–Trinajstić information content (AvgIpc) is 3.76. The molecule has 0 amide bonds. The van der Waals surface area contributed by atoms with Crippen molar-refractivity contribution in [1.29, 1.82) is 0 Å². The Balaban J connectivity index is 1.10. The molecule has 0 radical (unpaired) electrons. The lowest BCUT2D eigenvalue weighted by atomic mass is 10.0. The maximum atomic E-state index is 6.68. The maximum Gasteiger partial charge on any atom is 0.164 e. The first-order valence-electron chi connectivity index (χ1n) is 17.4. The minimum atomic E-state index is 0.597. The van der Waals surface area contributed by atoms with Crippen molar-refractivity contribution in [2.75, 3.05) is 0 Å². The van der Waals surface area contributed by atoms with Crippen molar-refractivity contribution >= 4 is 65.3 Å². The number of fused-ring (bicyclic) bond motifs is 10. The minimum Gasteiger partial charge on any atom is -0.456 e. The number of furan rings is 1. The van der Waals surface area contributed by atoms with Gasteiger partial charge in [-0.2, -0.15) is 0 Å². The monoisotopic (exact) mass is 664 g/mol. The molecule has 52 heavy (non-hydrogen) atoms. The highest BCUT2D eigenvalue weighted by atomic mass is 16.3. The largest absolute Gasteiger partial charge is 0.456 e. The van der Waals surface area contributed by atoms with Gasteiger partial charge in [-0.3, -0.25) is 0 Å². The summed E-state index contributed by atoms with van der Waals surface area (Å²) in [5.74, 6) is 1.86. The van der Waals surface area contributed by atoms with Gasteiger partial charge < -0.3 is 8.98 Å². The first-order chi connectivity index (χ1) is 25.8. The van der Waals surface area contributed by atoms with Crippen LogP contribution in [-0.2, 0) is 0 Å². The van der Waals surface area contributed by atoms with Crippen LogP contribution in [0.5, 0.6) is 0 Å². The third kappa shape index (κ3) is 4.39. The number of hydrogen-bond donors (Lipinski definition) is 0. The molecule has 3 heterocycles. The van der Waals surface area contributed by atoms with Gasteiger partial charge in [0.15, 0.2) is 17.5 Å². The zero-order chi connectivity index (χ0) is 34.2. The molecule has 0 saturated heterocycles. The summed E-state index contributed by atoms with van der Waals surface area (Å²) in [5, 5.41) is 9.52. The number of aromatic nitrogens is 4. The number of hydrogen-bond acceptors (Lipinski definition) is 4. The number of benzene rings is 8. The molecule has 0 unspecified atom stereocenters. The zero-order valence-corrected chi connectivity index (χ0v) is 27.9. The van der Waals surface area contributed by atoms with Crippen LogP contribution in [0.4, 0.5) is 0 Å². The van der Waals surface area contributed by atoms with Gasteiger partial charge in [0.25, 0.3) is 0 Å². The smallest absolute Gasteiger partial charge is 0.164 e. The highest BCUT2D eigenvalue weighted by Gasteiger charge is 2.19. The van der Waals surface area contributed by atoms with Crippen LogP contribution in [0.3, 0.4) is 0 Å². The first-order valence-corrected chi connectivity index (χ1v) is 17.4. The molecular weight excluding hydrogens is 637 g/mol. The van der Waals surface area contributed by atoms with Crippen molar-refractivity contribution in [3.8, 4) is 39.9 Å². The van der Waals surface area contributed by atoms with E-state index in [0.29, 0.717) is 17.5 Å². The van der Waals surface area contributed by atoms with Gasteiger partial charge in [-0.05, 0) is 46.5 Å². The highest BCUT2D eigenvalue weighted by Crippen LogP contribution is 2.41. The van der Waals surface area contributed by atoms with E-state index in [0.717, 1.165) is 44.3 Å². The standard InChI is InChI=1S/C47H28N4O/c1-3-13-31(14-4-1)45-48-46(32-15-5-2-6-16-32)50-47(49-45)33-20-23-37-38-25-22-34(28-42(38)52-41(37)27-33)51-40-26-21-29-11-7-9-17-35(29)43(40)39-24-19-30-12-8-10-18-36(30)44(39)51/h1-28H. The Morgan fingerprint density at radius 3 is 1.63 bits per heavy atom. The van der Waals surface area contributed by atoms with E-state index in [1.54, 1.807) is 0 Å². The molecule has 0 fully saturated rings. The number of nitrogens with zero attached hydrogens (tertiary/aromatic N) is 4. The molecule has 0 aliphatic heterocycles. The van der Waals surface area contributed by atoms with Crippen molar-refractivity contribution in [2.24, 2.45) is 0 Å². The highest BCUT2D eigenvalue weighted by molar-refractivity contribution is 6.26. The zero-order valence-electron chi connectivity index (χ0n) is 27.9. The van der Waals surface area contributed by atoms with Gasteiger partial charge in [-0.15, -0.1) is 0 Å². The summed E-state index contributed by atoms with van der Waals surface area (Å²) < 4.78 is 9.08. The van der Waals surface area contributed by atoms with E-state index in [1.165, 1.54) is 43.4 Å². The molecule has 0 atom stereocenters. The summed E-state index contributed by atoms with van der Waals surface area (Å²) in [6, 6.07) is 59.2. The lowest BCUT2D eigenvalue weighted by Crippen LogP contribution is -2.00. The predicted molar refractivity (Wildman–Crippen MR) is 213 cm³/mol. The Morgan fingerprint density at radius 1 is 0.385 bits per heavy atom. The Hall–Kier alpha value is -7.11. The lowest BCUT2D eigenvalue weighted by Gasteiger charge is -2.10. The SMILES string of the molecule is c1ccc(-c2nc(-c3ccccc3)nc(-c3ccc4c(c3)oc3cc(-n5c6ccc7ccccc7c6c6ccc7ccccc7c65)ccc34)n2)cc1. The summed E-state index contributed by atoms with van der Waals surface area (Å²) in [7, 11) is 0. The fourth-order valence-electron chi connectivity index (χ4n) is 7.80. The van der Waals surface area contributed by atoms with E-state index in [-0.39, 0.29) is 0 Å². The van der Waals surface area contributed by atoms with Crippen LogP contribution in [-0.4, -0.2) is 19.5 Å². The van der Waals surface area contributed by atoms with Crippen LogP contribution in [0.15, 0.2) is 174 Å². The van der Waals surface area contributed by atoms with E-state index in [2.05, 4.69) is 108 Å². The van der Waals surface area contributed by atoms with Gasteiger partial charge in [0, 0.05) is 55.4 Å². The third-order valence-corrected chi connectivity index (χ3v) is 10.2. The molecule has 0 N–H and O–H groups in total. The first kappa shape index (κ1) is 28.7. The minimum absolute atomic E-state index is 0.597. The van der Waals surface area contributed by atoms with Crippen LogP contribution in [0, 0.1) is 0 Å². The van der Waals surface area contributed by atoms with Gasteiger partial charge in [0.2, 0.25) is 0 Å². The second kappa shape index (κ2) is 11.2. The van der Waals surface area contributed by atoms with Gasteiger partial charge in [-0.25, -0.2) is 15.0 Å². The molecule has 0 bridgehead atoms. The maximum absolute atomic E-state index is 6.68. The van der Waals surface area contributed by atoms with Gasteiger partial charge in [-0.1, -0.05) is 133 Å². The third-order valence-electron chi connectivity index (χ3n) is 10.2. The van der Waals surface area contributed by atoms with Gasteiger partial charge in [0.05, 0.1) is 11.0 Å². The topological polar surface area (TPSA) is 56.7 Å². The fourth-order valence-corrected chi connectivity index (χ4v) is 7.80. The average molecular weight is 665 g/mol. The fraction of sp³-hybridized carbons (Fsp3) is 0.